The smallest absolute Gasteiger partial charge is 0.0314 e. The summed E-state index contributed by atoms with van der Waals surface area (Å²) in [5.41, 5.74) is 25.4. The van der Waals surface area contributed by atoms with Crippen LogP contribution in [0.15, 0.2) is 84.9 Å². The third-order valence-corrected chi connectivity index (χ3v) is 11.3. The van der Waals surface area contributed by atoms with Gasteiger partial charge in [-0.15, -0.1) is 0 Å². The van der Waals surface area contributed by atoms with E-state index in [4.69, 9.17) is 11.5 Å². The maximum Gasteiger partial charge on any atom is 0.0314 e. The van der Waals surface area contributed by atoms with Crippen LogP contribution in [0.25, 0.3) is 0 Å². The number of benzene rings is 4. The van der Waals surface area contributed by atoms with Crippen LogP contribution in [0.3, 0.4) is 0 Å². The highest BCUT2D eigenvalue weighted by Crippen LogP contribution is 2.23. The number of rotatable bonds is 28. The van der Waals surface area contributed by atoms with E-state index >= 15 is 0 Å². The number of hydrogen-bond acceptors (Lipinski definition) is 2. The van der Waals surface area contributed by atoms with Gasteiger partial charge < -0.3 is 11.5 Å². The van der Waals surface area contributed by atoms with Crippen molar-refractivity contribution < 1.29 is 0 Å². The first-order valence-corrected chi connectivity index (χ1v) is 21.9. The molecule has 2 heteroatoms. The molecule has 288 valence electrons. The molecule has 4 aromatic rings. The van der Waals surface area contributed by atoms with Crippen molar-refractivity contribution >= 4 is 11.4 Å². The molecule has 0 aromatic heterocycles. The number of unbranched alkanes of at least 4 members (excludes halogenated alkanes) is 16. The van der Waals surface area contributed by atoms with E-state index in [0.29, 0.717) is 0 Å². The average Bonchev–Trinajstić information content (AvgIpc) is 3.17. The highest BCUT2D eigenvalue weighted by molar-refractivity contribution is 5.43. The molecule has 0 radical (unpaired) electrons. The van der Waals surface area contributed by atoms with Gasteiger partial charge in [0.15, 0.2) is 0 Å². The van der Waals surface area contributed by atoms with Gasteiger partial charge in [-0.2, -0.15) is 0 Å². The van der Waals surface area contributed by atoms with Crippen LogP contribution < -0.4 is 11.5 Å². The fourth-order valence-corrected chi connectivity index (χ4v) is 7.92. The summed E-state index contributed by atoms with van der Waals surface area (Å²) in [6.45, 7) is 4.59. The van der Waals surface area contributed by atoms with Crippen LogP contribution in [0.1, 0.15) is 180 Å². The standard InChI is InChI=1S/C51H74N2/c1-3-5-18-24-46-38-42(26-32-48(46)40-44-28-34-50(52)35-29-44)22-20-16-14-12-10-8-7-9-11-13-15-17-21-23-43-27-33-49(47(39-43)25-19-6-4-2)41-45-30-36-51(53)37-31-45/h26-39H,3-25,40-41,52-53H2,1-2H3. The lowest BCUT2D eigenvalue weighted by atomic mass is 9.93. The Morgan fingerprint density at radius 2 is 0.604 bits per heavy atom. The summed E-state index contributed by atoms with van der Waals surface area (Å²) in [6.07, 6.45) is 32.7. The van der Waals surface area contributed by atoms with Crippen LogP contribution in [0.5, 0.6) is 0 Å². The van der Waals surface area contributed by atoms with Crippen molar-refractivity contribution in [1.29, 1.82) is 0 Å². The third-order valence-electron chi connectivity index (χ3n) is 11.3. The maximum atomic E-state index is 5.92. The van der Waals surface area contributed by atoms with Crippen molar-refractivity contribution in [2.24, 2.45) is 0 Å². The predicted molar refractivity (Wildman–Crippen MR) is 234 cm³/mol. The van der Waals surface area contributed by atoms with E-state index in [1.165, 1.54) is 181 Å². The highest BCUT2D eigenvalue weighted by atomic mass is 14.5. The van der Waals surface area contributed by atoms with Gasteiger partial charge in [0.2, 0.25) is 0 Å². The SMILES string of the molecule is CCCCCc1cc(CCCCCCCCCCCCCCCc2ccc(Cc3ccc(N)cc3)c(CCCCC)c2)ccc1Cc1ccc(N)cc1. The minimum atomic E-state index is 0.844. The van der Waals surface area contributed by atoms with Crippen LogP contribution in [0.4, 0.5) is 11.4 Å². The maximum absolute atomic E-state index is 5.92. The molecule has 0 saturated heterocycles. The summed E-state index contributed by atoms with van der Waals surface area (Å²) in [6, 6.07) is 31.5. The van der Waals surface area contributed by atoms with Gasteiger partial charge >= 0.3 is 0 Å². The summed E-state index contributed by atoms with van der Waals surface area (Å²) < 4.78 is 0. The van der Waals surface area contributed by atoms with Gasteiger partial charge in [0.1, 0.15) is 0 Å². The summed E-state index contributed by atoms with van der Waals surface area (Å²) >= 11 is 0. The zero-order chi connectivity index (χ0) is 37.4. The van der Waals surface area contributed by atoms with Gasteiger partial charge in [0.25, 0.3) is 0 Å². The van der Waals surface area contributed by atoms with E-state index in [-0.39, 0.29) is 0 Å². The van der Waals surface area contributed by atoms with Crippen molar-refractivity contribution in [2.45, 2.75) is 174 Å². The van der Waals surface area contributed by atoms with E-state index in [0.717, 1.165) is 24.2 Å². The predicted octanol–water partition coefficient (Wildman–Crippen LogP) is 14.4. The van der Waals surface area contributed by atoms with Gasteiger partial charge in [-0.1, -0.05) is 171 Å². The Labute approximate surface area is 325 Å². The molecule has 0 atom stereocenters. The lowest BCUT2D eigenvalue weighted by Gasteiger charge is -2.13. The van der Waals surface area contributed by atoms with E-state index in [1.54, 1.807) is 11.1 Å². The van der Waals surface area contributed by atoms with Gasteiger partial charge in [-0.05, 0) is 133 Å². The largest absolute Gasteiger partial charge is 0.399 e. The average molecular weight is 715 g/mol. The van der Waals surface area contributed by atoms with E-state index in [1.807, 2.05) is 24.3 Å². The van der Waals surface area contributed by atoms with Crippen molar-refractivity contribution in [3.63, 3.8) is 0 Å². The summed E-state index contributed by atoms with van der Waals surface area (Å²) in [5.74, 6) is 0. The first kappa shape index (κ1) is 42.2. The summed E-state index contributed by atoms with van der Waals surface area (Å²) in [7, 11) is 0. The quantitative estimate of drug-likeness (QED) is 0.0454. The van der Waals surface area contributed by atoms with Crippen LogP contribution in [-0.4, -0.2) is 0 Å². The topological polar surface area (TPSA) is 52.0 Å². The van der Waals surface area contributed by atoms with Crippen LogP contribution in [-0.2, 0) is 38.5 Å². The minimum Gasteiger partial charge on any atom is -0.399 e. The Morgan fingerprint density at radius 3 is 0.943 bits per heavy atom. The molecular formula is C51H74N2. The lowest BCUT2D eigenvalue weighted by molar-refractivity contribution is 0.536. The van der Waals surface area contributed by atoms with Crippen molar-refractivity contribution in [3.05, 3.63) is 129 Å². The molecule has 4 aromatic carbocycles. The Morgan fingerprint density at radius 1 is 0.302 bits per heavy atom. The molecule has 53 heavy (non-hydrogen) atoms. The number of nitrogen functional groups attached to an aromatic ring is 2. The molecule has 4 rings (SSSR count). The molecule has 0 spiro atoms. The molecule has 0 unspecified atom stereocenters. The normalized spacial score (nSPS) is 11.4. The molecule has 2 nitrogen and oxygen atoms in total. The van der Waals surface area contributed by atoms with E-state index in [2.05, 4.69) is 74.5 Å². The zero-order valence-electron chi connectivity index (χ0n) is 33.9. The molecule has 0 aliphatic heterocycles. The Kier molecular flexibility index (Phi) is 20.3. The van der Waals surface area contributed by atoms with Gasteiger partial charge in [0, 0.05) is 11.4 Å². The van der Waals surface area contributed by atoms with Crippen LogP contribution in [0, 0.1) is 0 Å². The molecule has 0 heterocycles. The third kappa shape index (κ3) is 17.0. The zero-order valence-corrected chi connectivity index (χ0v) is 33.9. The molecule has 0 amide bonds. The molecule has 4 N–H and O–H groups in total. The summed E-state index contributed by atoms with van der Waals surface area (Å²) in [5, 5.41) is 0. The van der Waals surface area contributed by atoms with Crippen molar-refractivity contribution in [1.82, 2.24) is 0 Å². The monoisotopic (exact) mass is 715 g/mol. The Bertz CT molecular complexity index is 1420. The first-order chi connectivity index (χ1) is 26.0. The number of hydrogen-bond donors (Lipinski definition) is 2. The van der Waals surface area contributed by atoms with Crippen molar-refractivity contribution in [3.8, 4) is 0 Å². The minimum absolute atomic E-state index is 0.844. The number of nitrogens with two attached hydrogens (primary N) is 2. The molecule has 0 saturated carbocycles. The molecule has 0 aliphatic carbocycles. The number of aryl methyl sites for hydroxylation is 4. The highest BCUT2D eigenvalue weighted by Gasteiger charge is 2.08. The second-order valence-electron chi connectivity index (χ2n) is 16.1. The Balaban J connectivity index is 1.02. The van der Waals surface area contributed by atoms with Crippen LogP contribution >= 0.6 is 0 Å². The molecule has 0 bridgehead atoms. The van der Waals surface area contributed by atoms with Crippen molar-refractivity contribution in [2.75, 3.05) is 11.5 Å². The van der Waals surface area contributed by atoms with E-state index < -0.39 is 0 Å². The van der Waals surface area contributed by atoms with Gasteiger partial charge in [0.05, 0.1) is 0 Å². The van der Waals surface area contributed by atoms with Gasteiger partial charge in [-0.25, -0.2) is 0 Å². The molecule has 0 aliphatic rings. The molecular weight excluding hydrogens is 641 g/mol. The second-order valence-corrected chi connectivity index (χ2v) is 16.1. The number of anilines is 2. The first-order valence-electron chi connectivity index (χ1n) is 21.9. The fourth-order valence-electron chi connectivity index (χ4n) is 7.92. The second kappa shape index (κ2) is 25.5. The van der Waals surface area contributed by atoms with Gasteiger partial charge in [-0.3, -0.25) is 0 Å². The summed E-state index contributed by atoms with van der Waals surface area (Å²) in [4.78, 5) is 0. The van der Waals surface area contributed by atoms with Crippen LogP contribution in [0.2, 0.25) is 0 Å². The van der Waals surface area contributed by atoms with E-state index in [9.17, 15) is 0 Å². The lowest BCUT2D eigenvalue weighted by Crippen LogP contribution is -1.99. The Hall–Kier alpha value is -3.52. The fraction of sp³-hybridized carbons (Fsp3) is 0.529. The molecule has 0 fully saturated rings.